The first-order valence-electron chi connectivity index (χ1n) is 0.548. The van der Waals surface area contributed by atoms with E-state index in [0.717, 1.165) is 0 Å². The number of hydrogen-bond acceptors (Lipinski definition) is 3. The van der Waals surface area contributed by atoms with Crippen molar-refractivity contribution >= 4 is 0 Å². The molecule has 0 saturated carbocycles. The van der Waals surface area contributed by atoms with E-state index in [9.17, 15) is 0 Å². The van der Waals surface area contributed by atoms with Crippen LogP contribution in [0.1, 0.15) is 0 Å². The van der Waals surface area contributed by atoms with E-state index in [0.29, 0.717) is 0 Å². The minimum Gasteiger partial charge on any atom is -0.356 e. The molecule has 0 aromatic carbocycles. The third-order valence-corrected chi connectivity index (χ3v) is 0. The van der Waals surface area contributed by atoms with Crippen LogP contribution < -0.4 is 29.6 Å². The summed E-state index contributed by atoms with van der Waals surface area (Å²) in [5.74, 6) is 0. The summed E-state index contributed by atoms with van der Waals surface area (Å²) in [6, 6.07) is 0. The molecule has 0 atom stereocenters. The topological polar surface area (TPSA) is 66.2 Å². The van der Waals surface area contributed by atoms with Gasteiger partial charge in [0.05, 0.1) is 5.09 Å². The molecule has 6 heavy (non-hydrogen) atoms. The van der Waals surface area contributed by atoms with E-state index < -0.39 is 5.09 Å². The van der Waals surface area contributed by atoms with E-state index in [-0.39, 0.29) is 50.0 Å². The van der Waals surface area contributed by atoms with Gasteiger partial charge in [0, 0.05) is 0 Å². The summed E-state index contributed by atoms with van der Waals surface area (Å²) < 4.78 is 0. The molecule has 6 heteroatoms. The summed E-state index contributed by atoms with van der Waals surface area (Å²) in [5.41, 5.74) is 0. The largest absolute Gasteiger partial charge is 2.00 e. The number of hydrogen-bond donors (Lipinski definition) is 0. The second-order valence-corrected chi connectivity index (χ2v) is 0.224. The molecule has 0 N–H and O–H groups in total. The van der Waals surface area contributed by atoms with E-state index in [2.05, 4.69) is 0 Å². The first-order valence-corrected chi connectivity index (χ1v) is 0.548. The SMILES string of the molecule is O=[N+]([O-])[O-].[Na+].[Pd+2]. The molecule has 32 valence electrons. The van der Waals surface area contributed by atoms with E-state index in [4.69, 9.17) is 15.3 Å². The molecular weight excluding hydrogens is 191 g/mol. The van der Waals surface area contributed by atoms with Gasteiger partial charge in [-0.3, -0.25) is 0 Å². The maximum Gasteiger partial charge on any atom is 2.00 e. The number of rotatable bonds is 0. The molecule has 0 aromatic heterocycles. The summed E-state index contributed by atoms with van der Waals surface area (Å²) in [5, 5.41) is 14.8. The van der Waals surface area contributed by atoms with Gasteiger partial charge in [-0.1, -0.05) is 0 Å². The molecule has 0 saturated heterocycles. The average molecular weight is 191 g/mol. The predicted molar refractivity (Wildman–Crippen MR) is 10.4 cm³/mol. The van der Waals surface area contributed by atoms with E-state index >= 15 is 0 Å². The molecule has 0 fully saturated rings. The first-order chi connectivity index (χ1) is 1.73. The molecule has 0 amide bonds. The molecule has 0 rings (SSSR count). The molecule has 0 radical (unpaired) electrons. The van der Waals surface area contributed by atoms with Crippen LogP contribution in [0.5, 0.6) is 0 Å². The normalized spacial score (nSPS) is 4.00. The molecule has 0 aliphatic rings. The predicted octanol–water partition coefficient (Wildman–Crippen LogP) is -3.24. The van der Waals surface area contributed by atoms with Crippen molar-refractivity contribution in [2.75, 3.05) is 0 Å². The van der Waals surface area contributed by atoms with Gasteiger partial charge in [-0.25, -0.2) is 0 Å². The molecule has 0 aliphatic carbocycles. The Hall–Kier alpha value is 0.862. The third kappa shape index (κ3) is 97.5. The Morgan fingerprint density at radius 1 is 1.33 bits per heavy atom. The number of nitrogens with zero attached hydrogens (tertiary/aromatic N) is 1. The van der Waals surface area contributed by atoms with Crippen molar-refractivity contribution in [2.45, 2.75) is 0 Å². The molecule has 0 heterocycles. The molecule has 0 spiro atoms. The summed E-state index contributed by atoms with van der Waals surface area (Å²) in [6.07, 6.45) is 0. The van der Waals surface area contributed by atoms with Gasteiger partial charge in [0.15, 0.2) is 0 Å². The molecular formula is NNaO3Pd+2. The van der Waals surface area contributed by atoms with Crippen LogP contribution in [0.25, 0.3) is 0 Å². The van der Waals surface area contributed by atoms with Gasteiger partial charge in [-0.15, -0.1) is 0 Å². The Balaban J connectivity index is -0.0000000450. The molecule has 0 aromatic rings. The van der Waals surface area contributed by atoms with Gasteiger partial charge >= 0.3 is 50.0 Å². The van der Waals surface area contributed by atoms with E-state index in [1.165, 1.54) is 0 Å². The standard InChI is InChI=1S/NO3.Na.Pd/c2-1(3)4;;/q-1;+1;+2. The Morgan fingerprint density at radius 3 is 1.33 bits per heavy atom. The van der Waals surface area contributed by atoms with Gasteiger partial charge in [-0.2, -0.15) is 0 Å². The minimum absolute atomic E-state index is 0. The minimum atomic E-state index is -1.75. The fraction of sp³-hybridized carbons (Fsp3) is 0. The maximum absolute atomic E-state index is 8.25. The van der Waals surface area contributed by atoms with Crippen LogP contribution in [-0.2, 0) is 20.4 Å². The smallest absolute Gasteiger partial charge is 0.356 e. The maximum atomic E-state index is 8.25. The van der Waals surface area contributed by atoms with Gasteiger partial charge < -0.3 is 15.3 Å². The van der Waals surface area contributed by atoms with Crippen LogP contribution in [0, 0.1) is 15.3 Å². The van der Waals surface area contributed by atoms with E-state index in [1.807, 2.05) is 0 Å². The zero-order chi connectivity index (χ0) is 3.58. The van der Waals surface area contributed by atoms with Gasteiger partial charge in [0.1, 0.15) is 0 Å². The van der Waals surface area contributed by atoms with Gasteiger partial charge in [0.2, 0.25) is 0 Å². The van der Waals surface area contributed by atoms with Gasteiger partial charge in [0.25, 0.3) is 0 Å². The van der Waals surface area contributed by atoms with Crippen LogP contribution in [0.15, 0.2) is 0 Å². The summed E-state index contributed by atoms with van der Waals surface area (Å²) in [4.78, 5) is 8.25. The summed E-state index contributed by atoms with van der Waals surface area (Å²) in [6.45, 7) is 0. The van der Waals surface area contributed by atoms with E-state index in [1.54, 1.807) is 0 Å². The van der Waals surface area contributed by atoms with Crippen LogP contribution in [-0.4, -0.2) is 5.09 Å². The second kappa shape index (κ2) is 9.29. The summed E-state index contributed by atoms with van der Waals surface area (Å²) >= 11 is 0. The van der Waals surface area contributed by atoms with Crippen molar-refractivity contribution in [1.29, 1.82) is 0 Å². The van der Waals surface area contributed by atoms with Gasteiger partial charge in [-0.05, 0) is 0 Å². The van der Waals surface area contributed by atoms with Crippen molar-refractivity contribution in [3.8, 4) is 0 Å². The van der Waals surface area contributed by atoms with Crippen molar-refractivity contribution in [1.82, 2.24) is 0 Å². The van der Waals surface area contributed by atoms with Crippen LogP contribution in [0.3, 0.4) is 0 Å². The Kier molecular flexibility index (Phi) is 24.5. The fourth-order valence-electron chi connectivity index (χ4n) is 0. The molecule has 0 unspecified atom stereocenters. The molecule has 0 bridgehead atoms. The Bertz CT molecular complexity index is 33.8. The Morgan fingerprint density at radius 2 is 1.33 bits per heavy atom. The van der Waals surface area contributed by atoms with Crippen molar-refractivity contribution in [2.24, 2.45) is 0 Å². The first kappa shape index (κ1) is 15.8. The van der Waals surface area contributed by atoms with Crippen molar-refractivity contribution in [3.63, 3.8) is 0 Å². The van der Waals surface area contributed by atoms with Crippen molar-refractivity contribution < 1.29 is 55.1 Å². The molecule has 0 aliphatic heterocycles. The quantitative estimate of drug-likeness (QED) is 0.230. The monoisotopic (exact) mass is 191 g/mol. The van der Waals surface area contributed by atoms with Crippen molar-refractivity contribution in [3.05, 3.63) is 15.3 Å². The average Bonchev–Trinajstić information content (AvgIpc) is 0.811. The Labute approximate surface area is 70.0 Å². The zero-order valence-electron chi connectivity index (χ0n) is 2.99. The van der Waals surface area contributed by atoms with Crippen LogP contribution >= 0.6 is 0 Å². The van der Waals surface area contributed by atoms with Crippen LogP contribution in [0.2, 0.25) is 0 Å². The second-order valence-electron chi connectivity index (χ2n) is 0.224. The summed E-state index contributed by atoms with van der Waals surface area (Å²) in [7, 11) is 0. The molecule has 4 nitrogen and oxygen atoms in total. The third-order valence-electron chi connectivity index (χ3n) is 0. The zero-order valence-corrected chi connectivity index (χ0v) is 6.54. The van der Waals surface area contributed by atoms with Crippen LogP contribution in [0.4, 0.5) is 0 Å². The fourth-order valence-corrected chi connectivity index (χ4v) is 0.